The molecule has 2 heterocycles. The van der Waals surface area contributed by atoms with E-state index in [0.717, 1.165) is 11.3 Å². The third kappa shape index (κ3) is 4.30. The number of anilines is 2. The van der Waals surface area contributed by atoms with Crippen molar-refractivity contribution < 1.29 is 9.59 Å². The zero-order valence-electron chi connectivity index (χ0n) is 18.2. The van der Waals surface area contributed by atoms with Gasteiger partial charge in [0.2, 0.25) is 11.8 Å². The molecule has 1 unspecified atom stereocenters. The van der Waals surface area contributed by atoms with E-state index in [-0.39, 0.29) is 18.4 Å². The van der Waals surface area contributed by atoms with E-state index in [4.69, 9.17) is 11.6 Å². The lowest BCUT2D eigenvalue weighted by molar-refractivity contribution is -0.121. The maximum absolute atomic E-state index is 13.4. The van der Waals surface area contributed by atoms with Crippen molar-refractivity contribution in [2.24, 2.45) is 0 Å². The van der Waals surface area contributed by atoms with Crippen LogP contribution in [0.25, 0.3) is 17.1 Å². The first-order valence-corrected chi connectivity index (χ1v) is 11.9. The molecule has 1 aromatic heterocycles. The largest absolute Gasteiger partial charge is 0.323 e. The highest BCUT2D eigenvalue weighted by Crippen LogP contribution is 2.34. The van der Waals surface area contributed by atoms with Crippen LogP contribution in [0.3, 0.4) is 0 Å². The van der Waals surface area contributed by atoms with Crippen molar-refractivity contribution in [1.82, 2.24) is 14.8 Å². The van der Waals surface area contributed by atoms with Gasteiger partial charge in [-0.25, -0.2) is 0 Å². The SMILES string of the molecule is CC(Sc1nnc(-c2ccc(Cl)cc2)n1-c1ccccc1)C(=O)N1CC(=O)Nc2ccccc21. The van der Waals surface area contributed by atoms with Crippen molar-refractivity contribution in [2.45, 2.75) is 17.3 Å². The standard InChI is InChI=1S/C25H20ClN5O2S/c1-16(24(33)30-15-22(32)27-20-9-5-6-10-21(20)30)34-25-29-28-23(17-11-13-18(26)14-12-17)31(25)19-7-3-2-4-8-19/h2-14,16H,15H2,1H3,(H,27,32). The Labute approximate surface area is 205 Å². The number of thioether (sulfide) groups is 1. The second-order valence-electron chi connectivity index (χ2n) is 7.73. The van der Waals surface area contributed by atoms with Crippen LogP contribution in [0, 0.1) is 0 Å². The molecule has 1 aliphatic rings. The van der Waals surface area contributed by atoms with Crippen LogP contribution >= 0.6 is 23.4 Å². The zero-order chi connectivity index (χ0) is 23.7. The molecule has 5 rings (SSSR count). The van der Waals surface area contributed by atoms with Crippen molar-refractivity contribution >= 4 is 46.6 Å². The van der Waals surface area contributed by atoms with E-state index in [1.54, 1.807) is 18.2 Å². The fraction of sp³-hybridized carbons (Fsp3) is 0.120. The van der Waals surface area contributed by atoms with Gasteiger partial charge in [0.05, 0.1) is 16.6 Å². The van der Waals surface area contributed by atoms with Gasteiger partial charge in [-0.05, 0) is 55.5 Å². The molecule has 2 amide bonds. The van der Waals surface area contributed by atoms with Gasteiger partial charge in [-0.1, -0.05) is 53.7 Å². The number of nitrogens with zero attached hydrogens (tertiary/aromatic N) is 4. The molecule has 1 aliphatic heterocycles. The third-order valence-corrected chi connectivity index (χ3v) is 6.70. The van der Waals surface area contributed by atoms with Crippen molar-refractivity contribution in [3.63, 3.8) is 0 Å². The highest BCUT2D eigenvalue weighted by molar-refractivity contribution is 8.00. The summed E-state index contributed by atoms with van der Waals surface area (Å²) in [6, 6.07) is 24.4. The molecule has 0 saturated heterocycles. The van der Waals surface area contributed by atoms with Crippen LogP contribution in [-0.2, 0) is 9.59 Å². The number of carbonyl (C=O) groups is 2. The molecule has 0 bridgehead atoms. The molecular formula is C25H20ClN5O2S. The van der Waals surface area contributed by atoms with E-state index >= 15 is 0 Å². The Morgan fingerprint density at radius 3 is 2.47 bits per heavy atom. The predicted octanol–water partition coefficient (Wildman–Crippen LogP) is 5.05. The fourth-order valence-electron chi connectivity index (χ4n) is 3.80. The van der Waals surface area contributed by atoms with Crippen LogP contribution in [0.4, 0.5) is 11.4 Å². The number of benzene rings is 3. The van der Waals surface area contributed by atoms with E-state index < -0.39 is 5.25 Å². The number of halogens is 1. The van der Waals surface area contributed by atoms with Gasteiger partial charge in [-0.3, -0.25) is 19.1 Å². The molecule has 1 atom stereocenters. The highest BCUT2D eigenvalue weighted by Gasteiger charge is 2.31. The Hall–Kier alpha value is -3.62. The van der Waals surface area contributed by atoms with Gasteiger partial charge in [0.15, 0.2) is 11.0 Å². The number of hydrogen-bond acceptors (Lipinski definition) is 5. The average Bonchev–Trinajstić information content (AvgIpc) is 3.27. The van der Waals surface area contributed by atoms with Crippen LogP contribution < -0.4 is 10.2 Å². The van der Waals surface area contributed by atoms with Gasteiger partial charge in [0.1, 0.15) is 6.54 Å². The van der Waals surface area contributed by atoms with Crippen molar-refractivity contribution in [2.75, 3.05) is 16.8 Å². The number of nitrogens with one attached hydrogen (secondary N) is 1. The van der Waals surface area contributed by atoms with E-state index in [9.17, 15) is 9.59 Å². The van der Waals surface area contributed by atoms with Gasteiger partial charge in [-0.15, -0.1) is 10.2 Å². The van der Waals surface area contributed by atoms with E-state index in [0.29, 0.717) is 27.4 Å². The summed E-state index contributed by atoms with van der Waals surface area (Å²) in [4.78, 5) is 27.1. The Morgan fingerprint density at radius 2 is 1.71 bits per heavy atom. The molecule has 4 aromatic rings. The number of fused-ring (bicyclic) bond motifs is 1. The number of para-hydroxylation sites is 3. The molecule has 1 N–H and O–H groups in total. The van der Waals surface area contributed by atoms with Crippen LogP contribution in [0.1, 0.15) is 6.92 Å². The first kappa shape index (κ1) is 22.2. The molecule has 0 radical (unpaired) electrons. The second kappa shape index (κ2) is 9.32. The van der Waals surface area contributed by atoms with Crippen molar-refractivity contribution in [3.8, 4) is 17.1 Å². The lowest BCUT2D eigenvalue weighted by Gasteiger charge is -2.30. The predicted molar refractivity (Wildman–Crippen MR) is 135 cm³/mol. The maximum atomic E-state index is 13.4. The maximum Gasteiger partial charge on any atom is 0.244 e. The second-order valence-corrected chi connectivity index (χ2v) is 9.48. The number of aromatic nitrogens is 3. The highest BCUT2D eigenvalue weighted by atomic mass is 35.5. The summed E-state index contributed by atoms with van der Waals surface area (Å²) < 4.78 is 1.93. The first-order valence-electron chi connectivity index (χ1n) is 10.6. The summed E-state index contributed by atoms with van der Waals surface area (Å²) in [6.07, 6.45) is 0. The Morgan fingerprint density at radius 1 is 1.00 bits per heavy atom. The zero-order valence-corrected chi connectivity index (χ0v) is 19.8. The summed E-state index contributed by atoms with van der Waals surface area (Å²) in [6.45, 7) is 1.79. The number of rotatable bonds is 5. The van der Waals surface area contributed by atoms with Gasteiger partial charge >= 0.3 is 0 Å². The van der Waals surface area contributed by atoms with Crippen molar-refractivity contribution in [1.29, 1.82) is 0 Å². The summed E-state index contributed by atoms with van der Waals surface area (Å²) in [5.41, 5.74) is 3.04. The molecular weight excluding hydrogens is 470 g/mol. The summed E-state index contributed by atoms with van der Waals surface area (Å²) in [7, 11) is 0. The van der Waals surface area contributed by atoms with Crippen molar-refractivity contribution in [3.05, 3.63) is 83.9 Å². The molecule has 0 fully saturated rings. The van der Waals surface area contributed by atoms with Crippen LogP contribution in [0.2, 0.25) is 5.02 Å². The van der Waals surface area contributed by atoms with Gasteiger partial charge in [0, 0.05) is 16.3 Å². The molecule has 0 spiro atoms. The van der Waals surface area contributed by atoms with Crippen LogP contribution in [-0.4, -0.2) is 38.4 Å². The van der Waals surface area contributed by atoms with Gasteiger partial charge in [-0.2, -0.15) is 0 Å². The van der Waals surface area contributed by atoms with E-state index in [1.807, 2.05) is 72.2 Å². The number of hydrogen-bond donors (Lipinski definition) is 1. The minimum absolute atomic E-state index is 0.0256. The average molecular weight is 490 g/mol. The minimum atomic E-state index is -0.510. The summed E-state index contributed by atoms with van der Waals surface area (Å²) in [5.74, 6) is 0.248. The van der Waals surface area contributed by atoms with E-state index in [2.05, 4.69) is 15.5 Å². The lowest BCUT2D eigenvalue weighted by atomic mass is 10.2. The normalized spacial score (nSPS) is 13.8. The molecule has 170 valence electrons. The smallest absolute Gasteiger partial charge is 0.244 e. The van der Waals surface area contributed by atoms with Crippen LogP contribution in [0.5, 0.6) is 0 Å². The fourth-order valence-corrected chi connectivity index (χ4v) is 4.86. The Kier molecular flexibility index (Phi) is 6.08. The molecule has 0 saturated carbocycles. The lowest BCUT2D eigenvalue weighted by Crippen LogP contribution is -2.45. The summed E-state index contributed by atoms with van der Waals surface area (Å²) in [5, 5.41) is 12.3. The molecule has 9 heteroatoms. The topological polar surface area (TPSA) is 80.1 Å². The number of carbonyl (C=O) groups excluding carboxylic acids is 2. The monoisotopic (exact) mass is 489 g/mol. The molecule has 3 aromatic carbocycles. The number of amides is 2. The quantitative estimate of drug-likeness (QED) is 0.397. The summed E-state index contributed by atoms with van der Waals surface area (Å²) >= 11 is 7.37. The van der Waals surface area contributed by atoms with Gasteiger partial charge in [0.25, 0.3) is 0 Å². The first-order chi connectivity index (χ1) is 16.5. The molecule has 7 nitrogen and oxygen atoms in total. The minimum Gasteiger partial charge on any atom is -0.323 e. The molecule has 0 aliphatic carbocycles. The van der Waals surface area contributed by atoms with E-state index in [1.165, 1.54) is 16.7 Å². The third-order valence-electron chi connectivity index (χ3n) is 5.42. The molecule has 34 heavy (non-hydrogen) atoms. The Balaban J connectivity index is 1.48. The van der Waals surface area contributed by atoms with Crippen LogP contribution in [0.15, 0.2) is 84.0 Å². The Bertz CT molecular complexity index is 1360. The van der Waals surface area contributed by atoms with Gasteiger partial charge < -0.3 is 5.32 Å².